The standard InChI is InChI=1S/C24H26N4OS/c29-24(20-16-19-17-25-21-12-6-13-23(30-20)28(19)21)26-22-11-4-5-14-27(22)15-7-10-18-8-2-1-3-9-18/h1-3,6,8-9,12-13,16-17,22H,4-5,7,10-11,14-15H2,(H,26,29). The van der Waals surface area contributed by atoms with Crippen molar-refractivity contribution in [3.8, 4) is 0 Å². The van der Waals surface area contributed by atoms with E-state index < -0.39 is 0 Å². The van der Waals surface area contributed by atoms with Gasteiger partial charge in [0.1, 0.15) is 5.65 Å². The molecule has 0 spiro atoms. The number of nitrogens with one attached hydrogen (secondary N) is 1. The van der Waals surface area contributed by atoms with Gasteiger partial charge >= 0.3 is 0 Å². The number of carbonyl (C=O) groups is 1. The molecule has 1 unspecified atom stereocenters. The van der Waals surface area contributed by atoms with Crippen molar-refractivity contribution < 1.29 is 4.79 Å². The van der Waals surface area contributed by atoms with E-state index in [1.807, 2.05) is 30.5 Å². The SMILES string of the molecule is O=C(NC1CCCCN1CCCc1ccccc1)C1=Cc2cnc3cccc(n23)S1. The van der Waals surface area contributed by atoms with Crippen LogP contribution in [-0.4, -0.2) is 39.4 Å². The van der Waals surface area contributed by atoms with Gasteiger partial charge < -0.3 is 5.32 Å². The fourth-order valence-electron chi connectivity index (χ4n) is 4.37. The molecule has 30 heavy (non-hydrogen) atoms. The highest BCUT2D eigenvalue weighted by atomic mass is 32.2. The Labute approximate surface area is 181 Å². The fourth-order valence-corrected chi connectivity index (χ4v) is 5.37. The van der Waals surface area contributed by atoms with Crippen LogP contribution in [0, 0.1) is 0 Å². The number of hydrogen-bond donors (Lipinski definition) is 1. The van der Waals surface area contributed by atoms with Gasteiger partial charge in [0.05, 0.1) is 28.0 Å². The number of imidazole rings is 1. The summed E-state index contributed by atoms with van der Waals surface area (Å²) in [7, 11) is 0. The highest BCUT2D eigenvalue weighted by molar-refractivity contribution is 8.04. The van der Waals surface area contributed by atoms with Gasteiger partial charge in [0.25, 0.3) is 5.91 Å². The van der Waals surface area contributed by atoms with Crippen molar-refractivity contribution in [2.75, 3.05) is 13.1 Å². The highest BCUT2D eigenvalue weighted by Gasteiger charge is 2.26. The maximum absolute atomic E-state index is 13.1. The third-order valence-electron chi connectivity index (χ3n) is 5.90. The zero-order valence-corrected chi connectivity index (χ0v) is 17.8. The van der Waals surface area contributed by atoms with Gasteiger partial charge in [-0.2, -0.15) is 0 Å². The first-order chi connectivity index (χ1) is 14.8. The number of amides is 1. The second-order valence-corrected chi connectivity index (χ2v) is 9.02. The van der Waals surface area contributed by atoms with Gasteiger partial charge in [0.15, 0.2) is 0 Å². The van der Waals surface area contributed by atoms with E-state index in [1.165, 1.54) is 30.2 Å². The van der Waals surface area contributed by atoms with Gasteiger partial charge in [-0.1, -0.05) is 48.2 Å². The normalized spacial score (nSPS) is 18.9. The first-order valence-electron chi connectivity index (χ1n) is 10.7. The van der Waals surface area contributed by atoms with Crippen molar-refractivity contribution in [1.82, 2.24) is 19.6 Å². The molecule has 1 saturated heterocycles. The number of likely N-dealkylation sites (tertiary alicyclic amines) is 1. The molecule has 0 bridgehead atoms. The summed E-state index contributed by atoms with van der Waals surface area (Å²) in [5, 5.41) is 4.35. The van der Waals surface area contributed by atoms with Crippen LogP contribution in [0.2, 0.25) is 0 Å². The van der Waals surface area contributed by atoms with Crippen LogP contribution >= 0.6 is 11.8 Å². The Balaban J connectivity index is 1.23. The third-order valence-corrected chi connectivity index (χ3v) is 6.95. The van der Waals surface area contributed by atoms with Crippen LogP contribution in [0.25, 0.3) is 11.7 Å². The first-order valence-corrected chi connectivity index (χ1v) is 11.5. The Kier molecular flexibility index (Phi) is 5.60. The number of hydrogen-bond acceptors (Lipinski definition) is 4. The second kappa shape index (κ2) is 8.66. The van der Waals surface area contributed by atoms with E-state index in [-0.39, 0.29) is 12.1 Å². The average Bonchev–Trinajstić information content (AvgIpc) is 3.20. The Morgan fingerprint density at radius 2 is 2.03 bits per heavy atom. The van der Waals surface area contributed by atoms with Crippen LogP contribution in [0.1, 0.15) is 36.9 Å². The predicted molar refractivity (Wildman–Crippen MR) is 121 cm³/mol. The minimum absolute atomic E-state index is 0.0180. The number of piperidine rings is 1. The van der Waals surface area contributed by atoms with E-state index in [2.05, 4.69) is 49.9 Å². The van der Waals surface area contributed by atoms with E-state index in [0.29, 0.717) is 0 Å². The largest absolute Gasteiger partial charge is 0.336 e. The minimum atomic E-state index is 0.0180. The number of thioether (sulfide) groups is 1. The molecule has 2 aliphatic heterocycles. The topological polar surface area (TPSA) is 49.6 Å². The summed E-state index contributed by atoms with van der Waals surface area (Å²) in [5.74, 6) is 0.0180. The second-order valence-electron chi connectivity index (χ2n) is 7.96. The molecule has 154 valence electrons. The molecule has 1 fully saturated rings. The molecule has 1 atom stereocenters. The Hall–Kier alpha value is -2.57. The van der Waals surface area contributed by atoms with Crippen molar-refractivity contribution in [3.63, 3.8) is 0 Å². The number of aromatic nitrogens is 2. The van der Waals surface area contributed by atoms with Crippen molar-refractivity contribution in [1.29, 1.82) is 0 Å². The third kappa shape index (κ3) is 4.02. The number of carbonyl (C=O) groups excluding carboxylic acids is 1. The molecule has 0 aliphatic carbocycles. The zero-order chi connectivity index (χ0) is 20.3. The van der Waals surface area contributed by atoms with E-state index in [9.17, 15) is 4.79 Å². The molecule has 4 heterocycles. The summed E-state index contributed by atoms with van der Waals surface area (Å²) in [5.41, 5.74) is 3.26. The first kappa shape index (κ1) is 19.4. The predicted octanol–water partition coefficient (Wildman–Crippen LogP) is 4.34. The molecule has 5 rings (SSSR count). The van der Waals surface area contributed by atoms with Crippen molar-refractivity contribution >= 4 is 29.4 Å². The van der Waals surface area contributed by atoms with Gasteiger partial charge in [0, 0.05) is 13.1 Å². The summed E-state index contributed by atoms with van der Waals surface area (Å²) in [6, 6.07) is 16.7. The average molecular weight is 419 g/mol. The lowest BCUT2D eigenvalue weighted by Gasteiger charge is -2.36. The molecule has 1 N–H and O–H groups in total. The molecular weight excluding hydrogens is 392 g/mol. The van der Waals surface area contributed by atoms with Crippen LogP contribution in [0.4, 0.5) is 0 Å². The lowest BCUT2D eigenvalue weighted by Crippen LogP contribution is -2.51. The highest BCUT2D eigenvalue weighted by Crippen LogP contribution is 2.34. The quantitative estimate of drug-likeness (QED) is 0.647. The lowest BCUT2D eigenvalue weighted by molar-refractivity contribution is -0.119. The molecule has 1 aromatic carbocycles. The molecule has 0 radical (unpaired) electrons. The van der Waals surface area contributed by atoms with Gasteiger partial charge in [-0.15, -0.1) is 0 Å². The number of nitrogens with zero attached hydrogens (tertiary/aromatic N) is 3. The van der Waals surface area contributed by atoms with Crippen LogP contribution in [0.5, 0.6) is 0 Å². The number of rotatable bonds is 6. The summed E-state index contributed by atoms with van der Waals surface area (Å²) in [6.07, 6.45) is 9.48. The van der Waals surface area contributed by atoms with Crippen LogP contribution in [0.3, 0.4) is 0 Å². The molecular formula is C24H26N4OS. The van der Waals surface area contributed by atoms with E-state index in [0.717, 1.165) is 53.6 Å². The monoisotopic (exact) mass is 418 g/mol. The lowest BCUT2D eigenvalue weighted by atomic mass is 10.1. The molecule has 6 heteroatoms. The number of pyridine rings is 1. The van der Waals surface area contributed by atoms with E-state index in [4.69, 9.17) is 0 Å². The minimum Gasteiger partial charge on any atom is -0.336 e. The maximum Gasteiger partial charge on any atom is 0.259 e. The van der Waals surface area contributed by atoms with Crippen LogP contribution < -0.4 is 5.32 Å². The van der Waals surface area contributed by atoms with Gasteiger partial charge in [-0.25, -0.2) is 4.98 Å². The van der Waals surface area contributed by atoms with Crippen molar-refractivity contribution in [2.24, 2.45) is 0 Å². The van der Waals surface area contributed by atoms with Crippen LogP contribution in [0.15, 0.2) is 64.7 Å². The molecule has 5 nitrogen and oxygen atoms in total. The van der Waals surface area contributed by atoms with Gasteiger partial charge in [0.2, 0.25) is 0 Å². The Bertz CT molecular complexity index is 1080. The zero-order valence-electron chi connectivity index (χ0n) is 17.0. The molecule has 3 aromatic rings. The van der Waals surface area contributed by atoms with Gasteiger partial charge in [-0.05, 0) is 55.9 Å². The smallest absolute Gasteiger partial charge is 0.259 e. The van der Waals surface area contributed by atoms with Gasteiger partial charge in [-0.3, -0.25) is 14.1 Å². The molecule has 2 aromatic heterocycles. The summed E-state index contributed by atoms with van der Waals surface area (Å²) in [4.78, 5) is 20.7. The maximum atomic E-state index is 13.1. The Morgan fingerprint density at radius 3 is 2.93 bits per heavy atom. The number of benzene rings is 1. The van der Waals surface area contributed by atoms with Crippen molar-refractivity contribution in [2.45, 2.75) is 43.3 Å². The fraction of sp³-hybridized carbons (Fsp3) is 0.333. The number of aryl methyl sites for hydroxylation is 1. The summed E-state index contributed by atoms with van der Waals surface area (Å²) >= 11 is 1.52. The van der Waals surface area contributed by atoms with E-state index >= 15 is 0 Å². The molecule has 1 amide bonds. The van der Waals surface area contributed by atoms with E-state index in [1.54, 1.807) is 0 Å². The molecule has 0 saturated carbocycles. The van der Waals surface area contributed by atoms with Crippen LogP contribution in [-0.2, 0) is 11.2 Å². The molecule has 2 aliphatic rings. The summed E-state index contributed by atoms with van der Waals surface area (Å²) < 4.78 is 2.10. The summed E-state index contributed by atoms with van der Waals surface area (Å²) in [6.45, 7) is 2.07. The van der Waals surface area contributed by atoms with Crippen molar-refractivity contribution in [3.05, 3.63) is 70.9 Å². The Morgan fingerprint density at radius 1 is 1.13 bits per heavy atom.